The fourth-order valence-electron chi connectivity index (χ4n) is 3.13. The molecule has 0 aliphatic rings. The predicted octanol–water partition coefficient (Wildman–Crippen LogP) is 2.67. The topological polar surface area (TPSA) is 123 Å². The van der Waals surface area contributed by atoms with E-state index >= 15 is 0 Å². The number of fused-ring (bicyclic) bond motifs is 1. The average molecular weight is 402 g/mol. The standard InChI is InChI=1S/C21H22N8O/c22-18-19(24-9-4-11-29-12-10-23-14-29)25-13-26-20(18)27-28-21(30)17-8-3-6-15-5-1-2-7-16(15)17/h1-3,5-8,10,12-14H,4,9,11,22H2,(H,28,30)(H2,24,25,26,27). The number of nitrogens with two attached hydrogens (primary N) is 1. The number of hydrogen-bond donors (Lipinski definition) is 4. The maximum Gasteiger partial charge on any atom is 0.270 e. The summed E-state index contributed by atoms with van der Waals surface area (Å²) in [4.78, 5) is 25.0. The minimum absolute atomic E-state index is 0.278. The van der Waals surface area contributed by atoms with E-state index in [2.05, 4.69) is 31.1 Å². The lowest BCUT2D eigenvalue weighted by molar-refractivity contribution is 0.0964. The van der Waals surface area contributed by atoms with E-state index in [4.69, 9.17) is 5.73 Å². The van der Waals surface area contributed by atoms with Crippen LogP contribution in [0.3, 0.4) is 0 Å². The Kier molecular flexibility index (Phi) is 5.70. The van der Waals surface area contributed by atoms with Gasteiger partial charge in [-0.1, -0.05) is 36.4 Å². The molecular formula is C21H22N8O. The molecule has 0 fully saturated rings. The summed E-state index contributed by atoms with van der Waals surface area (Å²) in [5, 5.41) is 5.06. The SMILES string of the molecule is Nc1c(NCCCn2ccnc2)ncnc1NNC(=O)c1cccc2ccccc12. The van der Waals surface area contributed by atoms with Gasteiger partial charge in [-0.2, -0.15) is 0 Å². The van der Waals surface area contributed by atoms with Gasteiger partial charge >= 0.3 is 0 Å². The van der Waals surface area contributed by atoms with E-state index in [9.17, 15) is 4.79 Å². The van der Waals surface area contributed by atoms with Gasteiger partial charge in [-0.25, -0.2) is 15.0 Å². The van der Waals surface area contributed by atoms with Crippen molar-refractivity contribution in [1.82, 2.24) is 24.9 Å². The monoisotopic (exact) mass is 402 g/mol. The highest BCUT2D eigenvalue weighted by molar-refractivity contribution is 6.07. The number of carbonyl (C=O) groups excluding carboxylic acids is 1. The highest BCUT2D eigenvalue weighted by atomic mass is 16.2. The second-order valence-corrected chi connectivity index (χ2v) is 6.67. The largest absolute Gasteiger partial charge is 0.393 e. The fraction of sp³-hybridized carbons (Fsp3) is 0.143. The molecule has 9 heteroatoms. The van der Waals surface area contributed by atoms with Crippen molar-refractivity contribution in [3.8, 4) is 0 Å². The van der Waals surface area contributed by atoms with Gasteiger partial charge in [0.25, 0.3) is 5.91 Å². The third kappa shape index (κ3) is 4.30. The molecule has 0 aliphatic heterocycles. The molecule has 5 N–H and O–H groups in total. The lowest BCUT2D eigenvalue weighted by Gasteiger charge is -2.14. The molecule has 2 aromatic carbocycles. The molecule has 0 saturated heterocycles. The van der Waals surface area contributed by atoms with E-state index < -0.39 is 0 Å². The Bertz CT molecular complexity index is 1140. The number of carbonyl (C=O) groups is 1. The lowest BCUT2D eigenvalue weighted by atomic mass is 10.0. The van der Waals surface area contributed by atoms with Gasteiger partial charge in [-0.15, -0.1) is 0 Å². The molecule has 9 nitrogen and oxygen atoms in total. The summed E-state index contributed by atoms with van der Waals surface area (Å²) in [5.74, 6) is 0.563. The molecule has 4 rings (SSSR count). The number of nitrogens with zero attached hydrogens (tertiary/aromatic N) is 4. The van der Waals surface area contributed by atoms with E-state index in [0.717, 1.165) is 23.7 Å². The number of amides is 1. The molecule has 1 amide bonds. The van der Waals surface area contributed by atoms with Crippen molar-refractivity contribution in [3.63, 3.8) is 0 Å². The highest BCUT2D eigenvalue weighted by Crippen LogP contribution is 2.22. The van der Waals surface area contributed by atoms with Gasteiger partial charge in [0.15, 0.2) is 11.6 Å². The first-order chi connectivity index (χ1) is 14.7. The Morgan fingerprint density at radius 1 is 1.07 bits per heavy atom. The van der Waals surface area contributed by atoms with E-state index in [1.54, 1.807) is 18.6 Å². The minimum atomic E-state index is -0.278. The normalized spacial score (nSPS) is 10.7. The zero-order chi connectivity index (χ0) is 20.8. The van der Waals surface area contributed by atoms with Crippen LogP contribution in [0.5, 0.6) is 0 Å². The van der Waals surface area contributed by atoms with Gasteiger partial charge in [-0.05, 0) is 23.3 Å². The molecule has 0 spiro atoms. The van der Waals surface area contributed by atoms with Crippen LogP contribution in [-0.4, -0.2) is 32.0 Å². The Morgan fingerprint density at radius 3 is 2.77 bits per heavy atom. The second kappa shape index (κ2) is 8.91. The molecule has 0 saturated carbocycles. The van der Waals surface area contributed by atoms with Gasteiger partial charge in [0.1, 0.15) is 12.0 Å². The lowest BCUT2D eigenvalue weighted by Crippen LogP contribution is -2.30. The van der Waals surface area contributed by atoms with Gasteiger partial charge in [0.05, 0.1) is 6.33 Å². The number of hydrazine groups is 1. The van der Waals surface area contributed by atoms with Gasteiger partial charge in [0.2, 0.25) is 0 Å². The molecule has 0 radical (unpaired) electrons. The first-order valence-corrected chi connectivity index (χ1v) is 9.56. The summed E-state index contributed by atoms with van der Waals surface area (Å²) in [6, 6.07) is 13.3. The summed E-state index contributed by atoms with van der Waals surface area (Å²) in [5.41, 5.74) is 12.5. The summed E-state index contributed by atoms with van der Waals surface area (Å²) in [6.45, 7) is 1.52. The van der Waals surface area contributed by atoms with Crippen LogP contribution in [0.25, 0.3) is 10.8 Å². The van der Waals surface area contributed by atoms with Crippen LogP contribution in [0.4, 0.5) is 17.3 Å². The number of aryl methyl sites for hydroxylation is 1. The van der Waals surface area contributed by atoms with Gasteiger partial charge in [-0.3, -0.25) is 15.6 Å². The number of hydrogen-bond acceptors (Lipinski definition) is 7. The average Bonchev–Trinajstić information content (AvgIpc) is 3.30. The highest BCUT2D eigenvalue weighted by Gasteiger charge is 2.12. The van der Waals surface area contributed by atoms with E-state index in [-0.39, 0.29) is 5.91 Å². The number of aromatic nitrogens is 4. The molecule has 0 bridgehead atoms. The Hall–Kier alpha value is -4.14. The number of imidazole rings is 1. The molecule has 2 heterocycles. The quantitative estimate of drug-likeness (QED) is 0.264. The number of benzene rings is 2. The van der Waals surface area contributed by atoms with E-state index in [0.29, 0.717) is 29.4 Å². The third-order valence-electron chi connectivity index (χ3n) is 4.66. The smallest absolute Gasteiger partial charge is 0.270 e. The van der Waals surface area contributed by atoms with E-state index in [1.165, 1.54) is 6.33 Å². The molecule has 0 atom stereocenters. The van der Waals surface area contributed by atoms with Crippen LogP contribution in [0, 0.1) is 0 Å². The Morgan fingerprint density at radius 2 is 1.90 bits per heavy atom. The second-order valence-electron chi connectivity index (χ2n) is 6.67. The zero-order valence-electron chi connectivity index (χ0n) is 16.2. The number of rotatable bonds is 8. The van der Waals surface area contributed by atoms with Crippen molar-refractivity contribution < 1.29 is 4.79 Å². The van der Waals surface area contributed by atoms with Crippen molar-refractivity contribution in [2.45, 2.75) is 13.0 Å². The van der Waals surface area contributed by atoms with Crippen molar-refractivity contribution >= 4 is 34.0 Å². The number of nitrogen functional groups attached to an aromatic ring is 1. The van der Waals surface area contributed by atoms with Gasteiger partial charge < -0.3 is 15.6 Å². The summed E-state index contributed by atoms with van der Waals surface area (Å²) in [7, 11) is 0. The zero-order valence-corrected chi connectivity index (χ0v) is 16.2. The molecular weight excluding hydrogens is 380 g/mol. The molecule has 0 aliphatic carbocycles. The Labute approximate surface area is 173 Å². The van der Waals surface area contributed by atoms with Crippen LogP contribution >= 0.6 is 0 Å². The van der Waals surface area contributed by atoms with Crippen LogP contribution in [0.1, 0.15) is 16.8 Å². The van der Waals surface area contributed by atoms with Gasteiger partial charge in [0, 0.05) is 31.0 Å². The first-order valence-electron chi connectivity index (χ1n) is 9.56. The van der Waals surface area contributed by atoms with Crippen molar-refractivity contribution in [1.29, 1.82) is 0 Å². The van der Waals surface area contributed by atoms with Crippen LogP contribution in [0.2, 0.25) is 0 Å². The molecule has 152 valence electrons. The molecule has 30 heavy (non-hydrogen) atoms. The molecule has 2 aromatic heterocycles. The summed E-state index contributed by atoms with van der Waals surface area (Å²) >= 11 is 0. The summed E-state index contributed by atoms with van der Waals surface area (Å²) < 4.78 is 2.00. The predicted molar refractivity (Wildman–Crippen MR) is 117 cm³/mol. The summed E-state index contributed by atoms with van der Waals surface area (Å²) in [6.07, 6.45) is 7.71. The van der Waals surface area contributed by atoms with E-state index in [1.807, 2.05) is 47.2 Å². The molecule has 4 aromatic rings. The van der Waals surface area contributed by atoms with Crippen molar-refractivity contribution in [2.75, 3.05) is 23.0 Å². The third-order valence-corrected chi connectivity index (χ3v) is 4.66. The van der Waals surface area contributed by atoms with Crippen molar-refractivity contribution in [3.05, 3.63) is 73.1 Å². The molecule has 0 unspecified atom stereocenters. The minimum Gasteiger partial charge on any atom is -0.393 e. The van der Waals surface area contributed by atoms with Crippen LogP contribution < -0.4 is 21.9 Å². The Balaban J connectivity index is 1.37. The van der Waals surface area contributed by atoms with Crippen LogP contribution in [-0.2, 0) is 6.54 Å². The first kappa shape index (κ1) is 19.2. The fourth-order valence-corrected chi connectivity index (χ4v) is 3.13. The maximum atomic E-state index is 12.7. The maximum absolute atomic E-state index is 12.7. The van der Waals surface area contributed by atoms with Crippen molar-refractivity contribution in [2.24, 2.45) is 0 Å². The van der Waals surface area contributed by atoms with Crippen LogP contribution in [0.15, 0.2) is 67.5 Å². The number of anilines is 3. The number of nitrogens with one attached hydrogen (secondary N) is 3.